The molecule has 5 rings (SSSR count). The number of benzene rings is 1. The van der Waals surface area contributed by atoms with Crippen molar-refractivity contribution in [3.63, 3.8) is 0 Å². The van der Waals surface area contributed by atoms with Crippen LogP contribution in [0.25, 0.3) is 0 Å². The number of nitrogens with zero attached hydrogens (tertiary/aromatic N) is 4. The van der Waals surface area contributed by atoms with E-state index < -0.39 is 6.09 Å². The molecule has 1 fully saturated rings. The molecule has 3 heterocycles. The van der Waals surface area contributed by atoms with Gasteiger partial charge in [-0.05, 0) is 61.6 Å². The number of nitrogens with one attached hydrogen (secondary N) is 1. The van der Waals surface area contributed by atoms with E-state index in [0.29, 0.717) is 25.2 Å². The van der Waals surface area contributed by atoms with Gasteiger partial charge in [0.1, 0.15) is 0 Å². The Hall–Kier alpha value is -2.64. The third-order valence-electron chi connectivity index (χ3n) is 7.38. The molecule has 0 saturated carbocycles. The maximum atomic E-state index is 11.3. The Kier molecular flexibility index (Phi) is 6.02. The van der Waals surface area contributed by atoms with Crippen LogP contribution in [0.5, 0.6) is 0 Å². The van der Waals surface area contributed by atoms with Gasteiger partial charge >= 0.3 is 6.09 Å². The van der Waals surface area contributed by atoms with Crippen LogP contribution in [0.3, 0.4) is 0 Å². The summed E-state index contributed by atoms with van der Waals surface area (Å²) < 4.78 is 0. The van der Waals surface area contributed by atoms with Crippen molar-refractivity contribution in [2.24, 2.45) is 0 Å². The molecule has 3 aliphatic rings. The fourth-order valence-corrected chi connectivity index (χ4v) is 5.65. The molecule has 2 atom stereocenters. The van der Waals surface area contributed by atoms with Crippen LogP contribution in [0.4, 0.5) is 10.5 Å². The van der Waals surface area contributed by atoms with Crippen LogP contribution in [-0.4, -0.2) is 71.8 Å². The molecule has 2 aromatic rings. The number of pyridine rings is 1. The van der Waals surface area contributed by atoms with E-state index in [9.17, 15) is 9.90 Å². The number of fused-ring (bicyclic) bond motifs is 2. The second-order valence-corrected chi connectivity index (χ2v) is 9.35. The number of amides is 1. The van der Waals surface area contributed by atoms with Crippen LogP contribution < -0.4 is 10.2 Å². The predicted molar refractivity (Wildman–Crippen MR) is 125 cm³/mol. The van der Waals surface area contributed by atoms with Crippen molar-refractivity contribution in [2.75, 3.05) is 44.7 Å². The van der Waals surface area contributed by atoms with E-state index in [2.05, 4.69) is 52.5 Å². The zero-order valence-electron chi connectivity index (χ0n) is 18.8. The zero-order chi connectivity index (χ0) is 22.1. The molecule has 2 unspecified atom stereocenters. The van der Waals surface area contributed by atoms with Gasteiger partial charge < -0.3 is 20.2 Å². The summed E-state index contributed by atoms with van der Waals surface area (Å²) in [5.74, 6) is 0. The smallest absolute Gasteiger partial charge is 0.407 e. The van der Waals surface area contributed by atoms with Crippen molar-refractivity contribution < 1.29 is 9.90 Å². The number of aryl methyl sites for hydroxylation is 1. The van der Waals surface area contributed by atoms with E-state index in [1.165, 1.54) is 45.8 Å². The molecule has 7 nitrogen and oxygen atoms in total. The first-order valence-electron chi connectivity index (χ1n) is 11.8. The van der Waals surface area contributed by atoms with Gasteiger partial charge in [0, 0.05) is 57.2 Å². The molecule has 7 heteroatoms. The molecule has 1 saturated heterocycles. The molecule has 1 aromatic heterocycles. The Balaban J connectivity index is 1.28. The number of hydrogen-bond acceptors (Lipinski definition) is 5. The number of anilines is 1. The second-order valence-electron chi connectivity index (χ2n) is 9.35. The maximum absolute atomic E-state index is 11.3. The van der Waals surface area contributed by atoms with E-state index in [1.54, 1.807) is 0 Å². The number of piperazine rings is 1. The summed E-state index contributed by atoms with van der Waals surface area (Å²) in [5.41, 5.74) is 6.74. The van der Waals surface area contributed by atoms with Gasteiger partial charge in [0.2, 0.25) is 0 Å². The first-order chi connectivity index (χ1) is 15.6. The molecule has 1 aromatic carbocycles. The van der Waals surface area contributed by atoms with Gasteiger partial charge in [-0.2, -0.15) is 0 Å². The molecule has 1 aliphatic carbocycles. The monoisotopic (exact) mass is 435 g/mol. The van der Waals surface area contributed by atoms with E-state index in [4.69, 9.17) is 4.98 Å². The van der Waals surface area contributed by atoms with Gasteiger partial charge in [0.15, 0.2) is 0 Å². The number of hydrogen-bond donors (Lipinski definition) is 2. The van der Waals surface area contributed by atoms with Gasteiger partial charge in [-0.3, -0.25) is 9.88 Å². The van der Waals surface area contributed by atoms with Crippen LogP contribution >= 0.6 is 0 Å². The van der Waals surface area contributed by atoms with Gasteiger partial charge in [-0.1, -0.05) is 18.2 Å². The van der Waals surface area contributed by atoms with Crippen molar-refractivity contribution in [3.05, 3.63) is 58.9 Å². The summed E-state index contributed by atoms with van der Waals surface area (Å²) in [6.45, 7) is 4.52. The Morgan fingerprint density at radius 1 is 1.19 bits per heavy atom. The Labute approximate surface area is 190 Å². The normalized spacial score (nSPS) is 23.1. The molecule has 32 heavy (non-hydrogen) atoms. The predicted octanol–water partition coefficient (Wildman–Crippen LogP) is 2.91. The molecular weight excluding hydrogens is 402 g/mol. The summed E-state index contributed by atoms with van der Waals surface area (Å²) in [5, 5.41) is 13.0. The zero-order valence-corrected chi connectivity index (χ0v) is 18.8. The Morgan fingerprint density at radius 3 is 2.81 bits per heavy atom. The highest BCUT2D eigenvalue weighted by atomic mass is 16.4. The Morgan fingerprint density at radius 2 is 2.00 bits per heavy atom. The van der Waals surface area contributed by atoms with E-state index >= 15 is 0 Å². The topological polar surface area (TPSA) is 71.9 Å². The van der Waals surface area contributed by atoms with Crippen molar-refractivity contribution >= 4 is 11.8 Å². The Bertz CT molecular complexity index is 973. The van der Waals surface area contributed by atoms with Crippen LogP contribution in [-0.2, 0) is 19.4 Å². The lowest BCUT2D eigenvalue weighted by Crippen LogP contribution is -2.49. The highest BCUT2D eigenvalue weighted by Crippen LogP contribution is 2.33. The second kappa shape index (κ2) is 9.08. The van der Waals surface area contributed by atoms with E-state index in [0.717, 1.165) is 39.0 Å². The van der Waals surface area contributed by atoms with E-state index in [-0.39, 0.29) is 0 Å². The fraction of sp³-hybridized carbons (Fsp3) is 0.520. The number of rotatable bonds is 4. The minimum absolute atomic E-state index is 0.391. The molecule has 2 N–H and O–H groups in total. The lowest BCUT2D eigenvalue weighted by Gasteiger charge is -2.39. The van der Waals surface area contributed by atoms with Crippen LogP contribution in [0.2, 0.25) is 0 Å². The van der Waals surface area contributed by atoms with Crippen molar-refractivity contribution in [3.8, 4) is 0 Å². The minimum atomic E-state index is -0.814. The SMILES string of the molecule is CN(CC1Cc2c(cccc2N2CCN(C(=O)O)CC2)CN1)C1CCCc2cccnc21. The van der Waals surface area contributed by atoms with E-state index in [1.807, 2.05) is 6.20 Å². The lowest BCUT2D eigenvalue weighted by molar-refractivity contribution is 0.142. The summed E-state index contributed by atoms with van der Waals surface area (Å²) in [6.07, 6.45) is 5.64. The molecule has 2 aliphatic heterocycles. The third kappa shape index (κ3) is 4.19. The standard InChI is InChI=1S/C25H33N5O2/c1-28(23-9-2-5-18-7-4-10-26-24(18)23)17-20-15-21-19(16-27-20)6-3-8-22(21)29-11-13-30(14-12-29)25(31)32/h3-4,6-8,10,20,23,27H,2,5,9,11-17H2,1H3,(H,31,32). The first kappa shape index (κ1) is 21.2. The average molecular weight is 436 g/mol. The summed E-state index contributed by atoms with van der Waals surface area (Å²) in [7, 11) is 2.24. The highest BCUT2D eigenvalue weighted by Gasteiger charge is 2.30. The largest absolute Gasteiger partial charge is 0.465 e. The van der Waals surface area contributed by atoms with Gasteiger partial charge in [0.05, 0.1) is 11.7 Å². The molecule has 0 spiro atoms. The lowest BCUT2D eigenvalue weighted by atomic mass is 9.89. The van der Waals surface area contributed by atoms with Gasteiger partial charge in [-0.25, -0.2) is 4.79 Å². The summed E-state index contributed by atoms with van der Waals surface area (Å²) in [4.78, 5) is 22.4. The van der Waals surface area contributed by atoms with Crippen molar-refractivity contribution in [2.45, 2.75) is 44.3 Å². The fourth-order valence-electron chi connectivity index (χ4n) is 5.65. The molecule has 1 amide bonds. The third-order valence-corrected chi connectivity index (χ3v) is 7.38. The molecule has 0 bridgehead atoms. The molecule has 0 radical (unpaired) electrons. The maximum Gasteiger partial charge on any atom is 0.407 e. The van der Waals surface area contributed by atoms with Gasteiger partial charge in [-0.15, -0.1) is 0 Å². The van der Waals surface area contributed by atoms with Crippen molar-refractivity contribution in [1.82, 2.24) is 20.1 Å². The number of carbonyl (C=O) groups is 1. The molecule has 170 valence electrons. The van der Waals surface area contributed by atoms with Crippen LogP contribution in [0.1, 0.15) is 41.3 Å². The van der Waals surface area contributed by atoms with Crippen LogP contribution in [0, 0.1) is 0 Å². The highest BCUT2D eigenvalue weighted by molar-refractivity contribution is 5.66. The number of aromatic nitrogens is 1. The van der Waals surface area contributed by atoms with Crippen molar-refractivity contribution in [1.29, 1.82) is 0 Å². The quantitative estimate of drug-likeness (QED) is 0.770. The minimum Gasteiger partial charge on any atom is -0.465 e. The first-order valence-corrected chi connectivity index (χ1v) is 11.8. The van der Waals surface area contributed by atoms with Gasteiger partial charge in [0.25, 0.3) is 0 Å². The summed E-state index contributed by atoms with van der Waals surface area (Å²) >= 11 is 0. The average Bonchev–Trinajstić information content (AvgIpc) is 2.83. The number of carboxylic acid groups (broad SMARTS) is 1. The number of likely N-dealkylation sites (N-methyl/N-ethyl adjacent to an activating group) is 1. The molecular formula is C25H33N5O2. The van der Waals surface area contributed by atoms with Crippen LogP contribution in [0.15, 0.2) is 36.5 Å². The summed E-state index contributed by atoms with van der Waals surface area (Å²) in [6, 6.07) is 11.6.